The zero-order valence-electron chi connectivity index (χ0n) is 18.2. The maximum absolute atomic E-state index is 14.7. The standard InChI is InChI=1S/C23H21ClF2N6O2/c1-13-3-2-8-31(19(13)12-27-23-30-18-9-14(24)4-5-20(18)34-23)22(33)16-10-15(25)11-17(26)21(16)32-28-6-7-29-32/h4-7,9-11,13,19H,2-3,8,12H2,1H3,(H,27,30). The van der Waals surface area contributed by atoms with Crippen LogP contribution in [0.1, 0.15) is 30.1 Å². The molecule has 2 aromatic heterocycles. The maximum Gasteiger partial charge on any atom is 0.295 e. The number of hydrogen-bond donors (Lipinski definition) is 1. The van der Waals surface area contributed by atoms with E-state index in [-0.39, 0.29) is 23.2 Å². The number of amides is 1. The summed E-state index contributed by atoms with van der Waals surface area (Å²) < 4.78 is 34.6. The van der Waals surface area contributed by atoms with Crippen LogP contribution < -0.4 is 5.32 Å². The number of fused-ring (bicyclic) bond motifs is 1. The average molecular weight is 487 g/mol. The van der Waals surface area contributed by atoms with E-state index < -0.39 is 17.5 Å². The predicted octanol–water partition coefficient (Wildman–Crippen LogP) is 4.69. The minimum Gasteiger partial charge on any atom is -0.424 e. The van der Waals surface area contributed by atoms with Gasteiger partial charge in [0, 0.05) is 24.2 Å². The highest BCUT2D eigenvalue weighted by Crippen LogP contribution is 2.29. The van der Waals surface area contributed by atoms with Gasteiger partial charge < -0.3 is 14.6 Å². The van der Waals surface area contributed by atoms with E-state index >= 15 is 0 Å². The second-order valence-electron chi connectivity index (χ2n) is 8.30. The van der Waals surface area contributed by atoms with Crippen molar-refractivity contribution in [2.24, 2.45) is 5.92 Å². The van der Waals surface area contributed by atoms with E-state index in [9.17, 15) is 13.6 Å². The monoisotopic (exact) mass is 486 g/mol. The zero-order valence-corrected chi connectivity index (χ0v) is 19.0. The number of rotatable bonds is 5. The van der Waals surface area contributed by atoms with Crippen LogP contribution in [0.2, 0.25) is 5.02 Å². The van der Waals surface area contributed by atoms with Gasteiger partial charge in [-0.15, -0.1) is 4.80 Å². The van der Waals surface area contributed by atoms with Crippen LogP contribution in [0.3, 0.4) is 0 Å². The van der Waals surface area contributed by atoms with Crippen molar-refractivity contribution in [1.82, 2.24) is 24.9 Å². The molecule has 11 heteroatoms. The van der Waals surface area contributed by atoms with Gasteiger partial charge in [-0.1, -0.05) is 18.5 Å². The van der Waals surface area contributed by atoms with Crippen LogP contribution in [0.5, 0.6) is 0 Å². The molecule has 0 saturated carbocycles. The summed E-state index contributed by atoms with van der Waals surface area (Å²) >= 11 is 6.02. The number of aromatic nitrogens is 4. The number of oxazole rings is 1. The summed E-state index contributed by atoms with van der Waals surface area (Å²) in [5, 5.41) is 11.6. The number of nitrogens with one attached hydrogen (secondary N) is 1. The van der Waals surface area contributed by atoms with Gasteiger partial charge in [0.2, 0.25) is 0 Å². The molecule has 0 bridgehead atoms. The molecule has 2 aromatic carbocycles. The quantitative estimate of drug-likeness (QED) is 0.440. The first kappa shape index (κ1) is 22.3. The van der Waals surface area contributed by atoms with Gasteiger partial charge in [-0.05, 0) is 43.0 Å². The van der Waals surface area contributed by atoms with E-state index in [1.165, 1.54) is 12.4 Å². The molecule has 0 aliphatic carbocycles. The van der Waals surface area contributed by atoms with Crippen LogP contribution in [0.4, 0.5) is 14.8 Å². The molecule has 1 saturated heterocycles. The number of likely N-dealkylation sites (tertiary alicyclic amines) is 1. The molecule has 1 aliphatic heterocycles. The Labute approximate surface area is 198 Å². The molecule has 8 nitrogen and oxygen atoms in total. The molecule has 1 aliphatic rings. The SMILES string of the molecule is CC1CCCN(C(=O)c2cc(F)cc(F)c2-n2nccn2)C1CNc1nc2cc(Cl)ccc2o1. The van der Waals surface area contributed by atoms with Crippen LogP contribution in [0.15, 0.2) is 47.1 Å². The molecule has 1 N–H and O–H groups in total. The van der Waals surface area contributed by atoms with Crippen LogP contribution >= 0.6 is 11.6 Å². The molecule has 5 rings (SSSR count). The third-order valence-corrected chi connectivity index (χ3v) is 6.30. The number of anilines is 1. The Hall–Kier alpha value is -3.53. The Morgan fingerprint density at radius 3 is 2.82 bits per heavy atom. The number of halogens is 3. The van der Waals surface area contributed by atoms with Crippen molar-refractivity contribution >= 4 is 34.6 Å². The highest BCUT2D eigenvalue weighted by Gasteiger charge is 2.34. The van der Waals surface area contributed by atoms with Gasteiger partial charge in [-0.2, -0.15) is 15.2 Å². The summed E-state index contributed by atoms with van der Waals surface area (Å²) in [6.45, 7) is 2.84. The fraction of sp³-hybridized carbons (Fsp3) is 0.304. The summed E-state index contributed by atoms with van der Waals surface area (Å²) in [4.78, 5) is 20.6. The van der Waals surface area contributed by atoms with Crippen LogP contribution in [0, 0.1) is 17.6 Å². The van der Waals surface area contributed by atoms with E-state index in [0.29, 0.717) is 41.3 Å². The Kier molecular flexibility index (Phi) is 5.91. The lowest BCUT2D eigenvalue weighted by Crippen LogP contribution is -2.51. The smallest absolute Gasteiger partial charge is 0.295 e. The van der Waals surface area contributed by atoms with Crippen molar-refractivity contribution in [2.75, 3.05) is 18.4 Å². The Balaban J connectivity index is 1.43. The zero-order chi connectivity index (χ0) is 23.8. The Morgan fingerprint density at radius 1 is 1.24 bits per heavy atom. The average Bonchev–Trinajstić information content (AvgIpc) is 3.46. The molecule has 0 radical (unpaired) electrons. The molecule has 0 spiro atoms. The first-order valence-corrected chi connectivity index (χ1v) is 11.2. The lowest BCUT2D eigenvalue weighted by atomic mass is 9.90. The van der Waals surface area contributed by atoms with Crippen molar-refractivity contribution in [3.8, 4) is 5.69 Å². The first-order valence-electron chi connectivity index (χ1n) is 10.9. The number of nitrogens with zero attached hydrogens (tertiary/aromatic N) is 5. The summed E-state index contributed by atoms with van der Waals surface area (Å²) in [5.74, 6) is -2.12. The number of carbonyl (C=O) groups excluding carboxylic acids is 1. The highest BCUT2D eigenvalue weighted by molar-refractivity contribution is 6.31. The molecule has 4 aromatic rings. The molecular weight excluding hydrogens is 466 g/mol. The topological polar surface area (TPSA) is 89.1 Å². The predicted molar refractivity (Wildman–Crippen MR) is 122 cm³/mol. The highest BCUT2D eigenvalue weighted by atomic mass is 35.5. The number of hydrogen-bond acceptors (Lipinski definition) is 6. The lowest BCUT2D eigenvalue weighted by molar-refractivity contribution is 0.0538. The second-order valence-corrected chi connectivity index (χ2v) is 8.74. The summed E-state index contributed by atoms with van der Waals surface area (Å²) in [5.41, 5.74) is 0.885. The summed E-state index contributed by atoms with van der Waals surface area (Å²) in [6.07, 6.45) is 4.41. The Bertz CT molecular complexity index is 1340. The minimum absolute atomic E-state index is 0.133. The van der Waals surface area contributed by atoms with Crippen LogP contribution in [-0.2, 0) is 0 Å². The number of benzene rings is 2. The fourth-order valence-corrected chi connectivity index (χ4v) is 4.57. The van der Waals surface area contributed by atoms with E-state index in [0.717, 1.165) is 23.7 Å². The van der Waals surface area contributed by atoms with Gasteiger partial charge in [-0.25, -0.2) is 8.78 Å². The van der Waals surface area contributed by atoms with Crippen molar-refractivity contribution in [3.63, 3.8) is 0 Å². The summed E-state index contributed by atoms with van der Waals surface area (Å²) in [7, 11) is 0. The van der Waals surface area contributed by atoms with Gasteiger partial charge >= 0.3 is 0 Å². The molecular formula is C23H21ClF2N6O2. The maximum atomic E-state index is 14.7. The summed E-state index contributed by atoms with van der Waals surface area (Å²) in [6, 6.07) is 6.94. The molecule has 34 heavy (non-hydrogen) atoms. The number of carbonyl (C=O) groups is 1. The van der Waals surface area contributed by atoms with Gasteiger partial charge in [-0.3, -0.25) is 4.79 Å². The molecule has 176 valence electrons. The van der Waals surface area contributed by atoms with Gasteiger partial charge in [0.15, 0.2) is 11.4 Å². The van der Waals surface area contributed by atoms with Crippen LogP contribution in [0.25, 0.3) is 16.8 Å². The van der Waals surface area contributed by atoms with Crippen molar-refractivity contribution in [3.05, 3.63) is 64.9 Å². The third-order valence-electron chi connectivity index (χ3n) is 6.07. The molecule has 2 atom stereocenters. The van der Waals surface area contributed by atoms with Crippen molar-refractivity contribution in [1.29, 1.82) is 0 Å². The van der Waals surface area contributed by atoms with Gasteiger partial charge in [0.1, 0.15) is 17.0 Å². The number of piperidine rings is 1. The third kappa shape index (κ3) is 4.21. The fourth-order valence-electron chi connectivity index (χ4n) is 4.40. The minimum atomic E-state index is -0.913. The largest absolute Gasteiger partial charge is 0.424 e. The van der Waals surface area contributed by atoms with E-state index in [4.69, 9.17) is 16.0 Å². The van der Waals surface area contributed by atoms with Gasteiger partial charge in [0.25, 0.3) is 11.9 Å². The molecule has 2 unspecified atom stereocenters. The molecule has 3 heterocycles. The lowest BCUT2D eigenvalue weighted by Gasteiger charge is -2.40. The molecule has 1 amide bonds. The van der Waals surface area contributed by atoms with Crippen LogP contribution in [-0.4, -0.2) is 49.9 Å². The van der Waals surface area contributed by atoms with Crippen molar-refractivity contribution < 1.29 is 18.0 Å². The molecule has 1 fully saturated rings. The van der Waals surface area contributed by atoms with E-state index in [1.807, 2.05) is 6.92 Å². The van der Waals surface area contributed by atoms with Gasteiger partial charge in [0.05, 0.1) is 24.0 Å². The van der Waals surface area contributed by atoms with Crippen molar-refractivity contribution in [2.45, 2.75) is 25.8 Å². The van der Waals surface area contributed by atoms with E-state index in [2.05, 4.69) is 20.5 Å². The Morgan fingerprint density at radius 2 is 2.03 bits per heavy atom. The first-order chi connectivity index (χ1) is 16.4. The normalized spacial score (nSPS) is 18.4. The van der Waals surface area contributed by atoms with E-state index in [1.54, 1.807) is 23.1 Å². The second kappa shape index (κ2) is 9.02.